The maximum Gasteiger partial charge on any atom is 0.248 e. The number of anilines is 2. The Morgan fingerprint density at radius 3 is 2.27 bits per heavy atom. The molecule has 1 aromatic heterocycles. The van der Waals surface area contributed by atoms with Crippen LogP contribution < -0.4 is 15.5 Å². The minimum Gasteiger partial charge on any atom is -0.351 e. The van der Waals surface area contributed by atoms with Crippen LogP contribution in [0.5, 0.6) is 0 Å². The van der Waals surface area contributed by atoms with Crippen LogP contribution in [0.1, 0.15) is 60.3 Å². The van der Waals surface area contributed by atoms with E-state index in [9.17, 15) is 27.8 Å². The van der Waals surface area contributed by atoms with Gasteiger partial charge in [0.05, 0.1) is 0 Å². The first-order chi connectivity index (χ1) is 19.7. The third kappa shape index (κ3) is 8.40. The third-order valence-corrected chi connectivity index (χ3v) is 8.87. The molecule has 1 aliphatic rings. The van der Waals surface area contributed by atoms with Crippen LogP contribution in [0.3, 0.4) is 0 Å². The standard InChI is InChI=1S/C30H32FN3O5S2/c1-20(35)21-9-15-25(16-10-21)34(28(37)19-41(39)18-27(36)32-24-13-11-22(31)12-14-24)29(26-8-5-17-40-26)30(38)33-23-6-3-2-4-7-23/h5,8-17,23,29H,2-4,6-7,18-19H2,1H3,(H,32,36)(H,33,38)/t29-,41+/m0/s1. The lowest BCUT2D eigenvalue weighted by atomic mass is 9.95. The summed E-state index contributed by atoms with van der Waals surface area (Å²) in [6.45, 7) is 1.43. The Balaban J connectivity index is 1.58. The number of benzene rings is 2. The molecule has 1 saturated carbocycles. The fraction of sp³-hybridized carbons (Fsp3) is 0.333. The summed E-state index contributed by atoms with van der Waals surface area (Å²) in [5, 5.41) is 7.47. The monoisotopic (exact) mass is 597 g/mol. The molecule has 0 spiro atoms. The van der Waals surface area contributed by atoms with Gasteiger partial charge in [0, 0.05) is 38.7 Å². The van der Waals surface area contributed by atoms with Crippen molar-refractivity contribution in [1.29, 1.82) is 0 Å². The molecule has 11 heteroatoms. The fourth-order valence-corrected chi connectivity index (χ4v) is 6.47. The van der Waals surface area contributed by atoms with Crippen LogP contribution in [0.15, 0.2) is 66.0 Å². The summed E-state index contributed by atoms with van der Waals surface area (Å²) in [6, 6.07) is 14.0. The van der Waals surface area contributed by atoms with E-state index in [1.165, 1.54) is 47.4 Å². The molecule has 2 N–H and O–H groups in total. The topological polar surface area (TPSA) is 113 Å². The SMILES string of the molecule is CC(=O)c1ccc(N(C(=O)C[S@](=O)CC(=O)Nc2ccc(F)cc2)[C@H](C(=O)NC2CCCCC2)c2cccs2)cc1. The molecule has 0 unspecified atom stereocenters. The van der Waals surface area contributed by atoms with E-state index in [1.807, 2.05) is 5.38 Å². The average Bonchev–Trinajstić information content (AvgIpc) is 3.47. The predicted molar refractivity (Wildman–Crippen MR) is 159 cm³/mol. The number of hydrogen-bond acceptors (Lipinski definition) is 6. The number of halogens is 1. The summed E-state index contributed by atoms with van der Waals surface area (Å²) in [6.07, 6.45) is 4.87. The Morgan fingerprint density at radius 2 is 1.66 bits per heavy atom. The van der Waals surface area contributed by atoms with Gasteiger partial charge in [0.25, 0.3) is 0 Å². The number of amides is 3. The maximum atomic E-state index is 13.8. The second-order valence-corrected chi connectivity index (χ2v) is 12.3. The van der Waals surface area contributed by atoms with Crippen LogP contribution in [-0.2, 0) is 25.2 Å². The molecule has 3 amide bonds. The van der Waals surface area contributed by atoms with Crippen molar-refractivity contribution >= 4 is 57.0 Å². The van der Waals surface area contributed by atoms with E-state index in [2.05, 4.69) is 10.6 Å². The molecular weight excluding hydrogens is 565 g/mol. The van der Waals surface area contributed by atoms with Crippen LogP contribution in [0.4, 0.5) is 15.8 Å². The van der Waals surface area contributed by atoms with Crippen LogP contribution in [0, 0.1) is 5.82 Å². The first-order valence-corrected chi connectivity index (χ1v) is 15.8. The van der Waals surface area contributed by atoms with Crippen molar-refractivity contribution in [2.45, 2.75) is 51.1 Å². The van der Waals surface area contributed by atoms with Gasteiger partial charge in [-0.25, -0.2) is 4.39 Å². The Kier molecular flexibility index (Phi) is 10.5. The first-order valence-electron chi connectivity index (χ1n) is 13.4. The minimum atomic E-state index is -1.91. The largest absolute Gasteiger partial charge is 0.351 e. The van der Waals surface area contributed by atoms with Gasteiger partial charge in [-0.05, 0) is 79.7 Å². The molecule has 1 aliphatic carbocycles. The quantitative estimate of drug-likeness (QED) is 0.302. The molecular formula is C30H32FN3O5S2. The Bertz CT molecular complexity index is 1390. The lowest BCUT2D eigenvalue weighted by molar-refractivity contribution is -0.126. The van der Waals surface area contributed by atoms with Gasteiger partial charge in [-0.3, -0.25) is 28.3 Å². The Hall–Kier alpha value is -3.70. The van der Waals surface area contributed by atoms with Crippen molar-refractivity contribution in [3.05, 3.63) is 82.3 Å². The van der Waals surface area contributed by atoms with E-state index in [0.29, 0.717) is 21.8 Å². The molecule has 8 nitrogen and oxygen atoms in total. The summed E-state index contributed by atoms with van der Waals surface area (Å²) in [5.74, 6) is -3.12. The van der Waals surface area contributed by atoms with E-state index in [4.69, 9.17) is 0 Å². The Morgan fingerprint density at radius 1 is 0.976 bits per heavy atom. The zero-order chi connectivity index (χ0) is 29.4. The van der Waals surface area contributed by atoms with E-state index < -0.39 is 46.0 Å². The van der Waals surface area contributed by atoms with Crippen LogP contribution in [0.2, 0.25) is 0 Å². The molecule has 1 heterocycles. The molecule has 0 bridgehead atoms. The lowest BCUT2D eigenvalue weighted by Crippen LogP contribution is -2.48. The van der Waals surface area contributed by atoms with Crippen molar-refractivity contribution in [3.8, 4) is 0 Å². The molecule has 3 aromatic rings. The number of thiophene rings is 1. The number of rotatable bonds is 11. The van der Waals surface area contributed by atoms with Crippen molar-refractivity contribution in [3.63, 3.8) is 0 Å². The van der Waals surface area contributed by atoms with Crippen LogP contribution in [0.25, 0.3) is 0 Å². The van der Waals surface area contributed by atoms with E-state index in [-0.39, 0.29) is 17.7 Å². The number of carbonyl (C=O) groups is 4. The Labute approximate surface area is 244 Å². The number of nitrogens with zero attached hydrogens (tertiary/aromatic N) is 1. The molecule has 0 aliphatic heterocycles. The molecule has 4 rings (SSSR count). The number of hydrogen-bond donors (Lipinski definition) is 2. The van der Waals surface area contributed by atoms with Crippen molar-refractivity contribution in [2.24, 2.45) is 0 Å². The smallest absolute Gasteiger partial charge is 0.248 e. The molecule has 0 saturated heterocycles. The maximum absolute atomic E-state index is 13.8. The molecule has 1 fully saturated rings. The summed E-state index contributed by atoms with van der Waals surface area (Å²) < 4.78 is 26.1. The summed E-state index contributed by atoms with van der Waals surface area (Å²) in [4.78, 5) is 53.8. The molecule has 216 valence electrons. The summed E-state index contributed by atoms with van der Waals surface area (Å²) in [5.41, 5.74) is 1.15. The fourth-order valence-electron chi connectivity index (χ4n) is 4.78. The highest BCUT2D eigenvalue weighted by Gasteiger charge is 2.35. The molecule has 2 aromatic carbocycles. The summed E-state index contributed by atoms with van der Waals surface area (Å²) >= 11 is 1.33. The highest BCUT2D eigenvalue weighted by atomic mass is 32.2. The van der Waals surface area contributed by atoms with Crippen LogP contribution in [-0.4, -0.2) is 45.3 Å². The second kappa shape index (κ2) is 14.3. The summed E-state index contributed by atoms with van der Waals surface area (Å²) in [7, 11) is -1.91. The van der Waals surface area contributed by atoms with E-state index in [1.54, 1.807) is 36.4 Å². The van der Waals surface area contributed by atoms with Crippen LogP contribution >= 0.6 is 11.3 Å². The van der Waals surface area contributed by atoms with Crippen molar-refractivity contribution < 1.29 is 27.8 Å². The third-order valence-electron chi connectivity index (χ3n) is 6.80. The van der Waals surface area contributed by atoms with E-state index >= 15 is 0 Å². The number of Topliss-reactive ketones (excluding diaryl/α,β-unsaturated/α-hetero) is 1. The van der Waals surface area contributed by atoms with Gasteiger partial charge in [-0.1, -0.05) is 25.3 Å². The lowest BCUT2D eigenvalue weighted by Gasteiger charge is -2.32. The number of nitrogens with one attached hydrogen (secondary N) is 2. The van der Waals surface area contributed by atoms with Gasteiger partial charge in [0.1, 0.15) is 23.4 Å². The highest BCUT2D eigenvalue weighted by molar-refractivity contribution is 7.86. The van der Waals surface area contributed by atoms with Gasteiger partial charge in [-0.2, -0.15) is 0 Å². The van der Waals surface area contributed by atoms with Gasteiger partial charge >= 0.3 is 0 Å². The van der Waals surface area contributed by atoms with Gasteiger partial charge in [-0.15, -0.1) is 11.3 Å². The van der Waals surface area contributed by atoms with Crippen molar-refractivity contribution in [2.75, 3.05) is 21.7 Å². The number of carbonyl (C=O) groups excluding carboxylic acids is 4. The zero-order valence-electron chi connectivity index (χ0n) is 22.6. The van der Waals surface area contributed by atoms with E-state index in [0.717, 1.165) is 32.1 Å². The zero-order valence-corrected chi connectivity index (χ0v) is 24.3. The van der Waals surface area contributed by atoms with Crippen molar-refractivity contribution in [1.82, 2.24) is 5.32 Å². The highest BCUT2D eigenvalue weighted by Crippen LogP contribution is 2.32. The molecule has 0 radical (unpaired) electrons. The normalized spacial score (nSPS) is 15.0. The van der Waals surface area contributed by atoms with Gasteiger partial charge < -0.3 is 10.6 Å². The first kappa shape index (κ1) is 30.3. The van der Waals surface area contributed by atoms with Gasteiger partial charge in [0.15, 0.2) is 5.78 Å². The predicted octanol–water partition coefficient (Wildman–Crippen LogP) is 5.00. The molecule has 41 heavy (non-hydrogen) atoms. The number of ketones is 1. The average molecular weight is 598 g/mol. The van der Waals surface area contributed by atoms with Gasteiger partial charge in [0.2, 0.25) is 17.7 Å². The minimum absolute atomic E-state index is 0.0000394. The molecule has 2 atom stereocenters. The second-order valence-electron chi connectivity index (χ2n) is 9.91.